The molecule has 1 saturated carbocycles. The Labute approximate surface area is 95.6 Å². The molecule has 0 aliphatic heterocycles. The predicted octanol–water partition coefficient (Wildman–Crippen LogP) is 3.02. The Morgan fingerprint density at radius 2 is 2.06 bits per heavy atom. The molecule has 1 aliphatic rings. The minimum atomic E-state index is -0.222. The molecule has 0 radical (unpaired) electrons. The van der Waals surface area contributed by atoms with E-state index in [4.69, 9.17) is 10.5 Å². The molecule has 0 unspecified atom stereocenters. The van der Waals surface area contributed by atoms with Gasteiger partial charge >= 0.3 is 0 Å². The maximum atomic E-state index is 13.7. The molecule has 2 nitrogen and oxygen atoms in total. The van der Waals surface area contributed by atoms with Crippen LogP contribution >= 0.6 is 0 Å². The Bertz CT molecular complexity index is 361. The number of hydrogen-bond donors (Lipinski definition) is 1. The average molecular weight is 223 g/mol. The van der Waals surface area contributed by atoms with Gasteiger partial charge in [-0.2, -0.15) is 0 Å². The van der Waals surface area contributed by atoms with E-state index in [-0.39, 0.29) is 11.9 Å². The molecule has 0 bridgehead atoms. The average Bonchev–Trinajstić information content (AvgIpc) is 2.82. The number of halogens is 1. The largest absolute Gasteiger partial charge is 0.497 e. The highest BCUT2D eigenvalue weighted by Gasteiger charge is 2.25. The van der Waals surface area contributed by atoms with Crippen LogP contribution in [0.5, 0.6) is 5.75 Å². The zero-order valence-corrected chi connectivity index (χ0v) is 9.58. The van der Waals surface area contributed by atoms with Crippen LogP contribution in [-0.4, -0.2) is 7.11 Å². The third-order valence-electron chi connectivity index (χ3n) is 3.47. The normalized spacial score (nSPS) is 18.7. The molecular formula is C13H18FNO. The molecule has 0 heterocycles. The summed E-state index contributed by atoms with van der Waals surface area (Å²) < 4.78 is 18.8. The SMILES string of the molecule is COc1ccc(F)c([C@H](N)C2CCCC2)c1. The van der Waals surface area contributed by atoms with Crippen LogP contribution < -0.4 is 10.5 Å². The van der Waals surface area contributed by atoms with Crippen molar-refractivity contribution in [1.29, 1.82) is 0 Å². The van der Waals surface area contributed by atoms with Crippen molar-refractivity contribution in [3.05, 3.63) is 29.6 Å². The van der Waals surface area contributed by atoms with Crippen LogP contribution in [0.3, 0.4) is 0 Å². The van der Waals surface area contributed by atoms with E-state index in [2.05, 4.69) is 0 Å². The number of ether oxygens (including phenoxy) is 1. The zero-order chi connectivity index (χ0) is 11.5. The van der Waals surface area contributed by atoms with Crippen LogP contribution in [0.15, 0.2) is 18.2 Å². The van der Waals surface area contributed by atoms with Gasteiger partial charge in [-0.15, -0.1) is 0 Å². The Balaban J connectivity index is 2.23. The maximum Gasteiger partial charge on any atom is 0.128 e. The van der Waals surface area contributed by atoms with E-state index in [0.29, 0.717) is 17.2 Å². The van der Waals surface area contributed by atoms with E-state index in [1.807, 2.05) is 0 Å². The van der Waals surface area contributed by atoms with Gasteiger partial charge < -0.3 is 10.5 Å². The standard InChI is InChI=1S/C13H18FNO/c1-16-10-6-7-12(14)11(8-10)13(15)9-4-2-3-5-9/h6-9,13H,2-5,15H2,1H3/t13-/m1/s1. The molecule has 1 aromatic rings. The van der Waals surface area contributed by atoms with Gasteiger partial charge in [-0.1, -0.05) is 12.8 Å². The molecule has 88 valence electrons. The van der Waals surface area contributed by atoms with Gasteiger partial charge in [-0.3, -0.25) is 0 Å². The van der Waals surface area contributed by atoms with Crippen molar-refractivity contribution < 1.29 is 9.13 Å². The first-order valence-corrected chi connectivity index (χ1v) is 5.81. The monoisotopic (exact) mass is 223 g/mol. The van der Waals surface area contributed by atoms with E-state index in [0.717, 1.165) is 12.8 Å². The third kappa shape index (κ3) is 2.19. The van der Waals surface area contributed by atoms with E-state index < -0.39 is 0 Å². The fourth-order valence-corrected chi connectivity index (χ4v) is 2.47. The van der Waals surface area contributed by atoms with Crippen molar-refractivity contribution >= 4 is 0 Å². The second kappa shape index (κ2) is 4.83. The van der Waals surface area contributed by atoms with Gasteiger partial charge in [0.1, 0.15) is 11.6 Å². The molecule has 1 fully saturated rings. The molecule has 3 heteroatoms. The Morgan fingerprint density at radius 3 is 2.69 bits per heavy atom. The number of methoxy groups -OCH3 is 1. The lowest BCUT2D eigenvalue weighted by Crippen LogP contribution is -2.20. The van der Waals surface area contributed by atoms with E-state index in [9.17, 15) is 4.39 Å². The Hall–Kier alpha value is -1.09. The fraction of sp³-hybridized carbons (Fsp3) is 0.538. The van der Waals surface area contributed by atoms with Gasteiger partial charge in [-0.05, 0) is 37.0 Å². The van der Waals surface area contributed by atoms with Crippen molar-refractivity contribution in [3.63, 3.8) is 0 Å². The summed E-state index contributed by atoms with van der Waals surface area (Å²) in [6.45, 7) is 0. The van der Waals surface area contributed by atoms with Gasteiger partial charge in [0.2, 0.25) is 0 Å². The quantitative estimate of drug-likeness (QED) is 0.854. The number of hydrogen-bond acceptors (Lipinski definition) is 2. The molecule has 0 saturated heterocycles. The van der Waals surface area contributed by atoms with Crippen LogP contribution in [0.1, 0.15) is 37.3 Å². The summed E-state index contributed by atoms with van der Waals surface area (Å²) in [5.74, 6) is 0.867. The van der Waals surface area contributed by atoms with Crippen molar-refractivity contribution in [3.8, 4) is 5.75 Å². The van der Waals surface area contributed by atoms with Crippen LogP contribution in [0.25, 0.3) is 0 Å². The first-order chi connectivity index (χ1) is 7.72. The minimum Gasteiger partial charge on any atom is -0.497 e. The van der Waals surface area contributed by atoms with Gasteiger partial charge in [0.05, 0.1) is 7.11 Å². The molecule has 2 rings (SSSR count). The molecule has 2 N–H and O–H groups in total. The highest BCUT2D eigenvalue weighted by molar-refractivity contribution is 5.32. The lowest BCUT2D eigenvalue weighted by atomic mass is 9.92. The summed E-state index contributed by atoms with van der Waals surface area (Å²) in [5, 5.41) is 0. The van der Waals surface area contributed by atoms with Crippen LogP contribution in [0.4, 0.5) is 4.39 Å². The Morgan fingerprint density at radius 1 is 1.38 bits per heavy atom. The topological polar surface area (TPSA) is 35.2 Å². The molecular weight excluding hydrogens is 205 g/mol. The summed E-state index contributed by atoms with van der Waals surface area (Å²) in [4.78, 5) is 0. The van der Waals surface area contributed by atoms with E-state index >= 15 is 0 Å². The Kier molecular flexibility index (Phi) is 3.44. The lowest BCUT2D eigenvalue weighted by molar-refractivity contribution is 0.402. The molecule has 0 aromatic heterocycles. The van der Waals surface area contributed by atoms with E-state index in [1.54, 1.807) is 19.2 Å². The minimum absolute atomic E-state index is 0.197. The molecule has 0 amide bonds. The van der Waals surface area contributed by atoms with Gasteiger partial charge in [0.15, 0.2) is 0 Å². The number of rotatable bonds is 3. The molecule has 0 spiro atoms. The number of nitrogens with two attached hydrogens (primary N) is 1. The first-order valence-electron chi connectivity index (χ1n) is 5.81. The molecule has 16 heavy (non-hydrogen) atoms. The summed E-state index contributed by atoms with van der Waals surface area (Å²) in [6.07, 6.45) is 4.64. The lowest BCUT2D eigenvalue weighted by Gasteiger charge is -2.20. The third-order valence-corrected chi connectivity index (χ3v) is 3.47. The predicted molar refractivity (Wildman–Crippen MR) is 61.8 cm³/mol. The van der Waals surface area contributed by atoms with Crippen molar-refractivity contribution in [2.45, 2.75) is 31.7 Å². The second-order valence-corrected chi connectivity index (χ2v) is 4.46. The maximum absolute atomic E-state index is 13.7. The summed E-state index contributed by atoms with van der Waals surface area (Å²) >= 11 is 0. The summed E-state index contributed by atoms with van der Waals surface area (Å²) in [6, 6.07) is 4.58. The van der Waals surface area contributed by atoms with Gasteiger partial charge in [-0.25, -0.2) is 4.39 Å². The van der Waals surface area contributed by atoms with Crippen LogP contribution in [-0.2, 0) is 0 Å². The van der Waals surface area contributed by atoms with Crippen molar-refractivity contribution in [1.82, 2.24) is 0 Å². The van der Waals surface area contributed by atoms with Gasteiger partial charge in [0.25, 0.3) is 0 Å². The molecule has 1 aliphatic carbocycles. The summed E-state index contributed by atoms with van der Waals surface area (Å²) in [7, 11) is 1.58. The second-order valence-electron chi connectivity index (χ2n) is 4.46. The highest BCUT2D eigenvalue weighted by Crippen LogP contribution is 2.35. The molecule has 1 aromatic carbocycles. The number of benzene rings is 1. The molecule has 1 atom stereocenters. The highest BCUT2D eigenvalue weighted by atomic mass is 19.1. The summed E-state index contributed by atoms with van der Waals surface area (Å²) in [5.41, 5.74) is 6.72. The van der Waals surface area contributed by atoms with Crippen LogP contribution in [0.2, 0.25) is 0 Å². The fourth-order valence-electron chi connectivity index (χ4n) is 2.47. The zero-order valence-electron chi connectivity index (χ0n) is 9.58. The first kappa shape index (κ1) is 11.4. The van der Waals surface area contributed by atoms with Crippen molar-refractivity contribution in [2.24, 2.45) is 11.7 Å². The smallest absolute Gasteiger partial charge is 0.128 e. The van der Waals surface area contributed by atoms with E-state index in [1.165, 1.54) is 18.9 Å². The van der Waals surface area contributed by atoms with Gasteiger partial charge in [0, 0.05) is 11.6 Å². The van der Waals surface area contributed by atoms with Crippen molar-refractivity contribution in [2.75, 3.05) is 7.11 Å². The van der Waals surface area contributed by atoms with Crippen LogP contribution in [0, 0.1) is 11.7 Å².